The lowest BCUT2D eigenvalue weighted by atomic mass is 10.1. The maximum absolute atomic E-state index is 12.1. The molecule has 0 spiro atoms. The predicted molar refractivity (Wildman–Crippen MR) is 95.6 cm³/mol. The van der Waals surface area contributed by atoms with Crippen LogP contribution in [0.3, 0.4) is 0 Å². The van der Waals surface area contributed by atoms with Gasteiger partial charge in [-0.1, -0.05) is 23.2 Å². The summed E-state index contributed by atoms with van der Waals surface area (Å²) in [6, 6.07) is 3.20. The number of aromatic nitrogens is 2. The Kier molecular flexibility index (Phi) is 6.26. The zero-order chi connectivity index (χ0) is 17.9. The summed E-state index contributed by atoms with van der Waals surface area (Å²) in [5.41, 5.74) is 6.63. The number of rotatable bonds is 5. The molecule has 2 rings (SSSR count). The normalized spacial score (nSPS) is 10.5. The number of benzene rings is 1. The fraction of sp³-hybridized carbons (Fsp3) is 0.267. The average molecular weight is 435 g/mol. The van der Waals surface area contributed by atoms with Crippen LogP contribution in [0.2, 0.25) is 10.0 Å². The molecule has 0 amide bonds. The van der Waals surface area contributed by atoms with Gasteiger partial charge in [-0.15, -0.1) is 0 Å². The quantitative estimate of drug-likeness (QED) is 0.709. The Labute approximate surface area is 157 Å². The van der Waals surface area contributed by atoms with Crippen molar-refractivity contribution in [3.05, 3.63) is 43.6 Å². The van der Waals surface area contributed by atoms with E-state index in [1.54, 1.807) is 26.0 Å². The maximum atomic E-state index is 12.1. The minimum absolute atomic E-state index is 0.0400. The number of carbonyl (C=O) groups excluding carboxylic acids is 1. The number of hydrogen-bond donors (Lipinski definition) is 1. The van der Waals surface area contributed by atoms with Crippen molar-refractivity contribution in [2.45, 2.75) is 20.5 Å². The highest BCUT2D eigenvalue weighted by Gasteiger charge is 2.20. The summed E-state index contributed by atoms with van der Waals surface area (Å²) >= 11 is 15.4. The van der Waals surface area contributed by atoms with Gasteiger partial charge in [-0.25, -0.2) is 14.8 Å². The van der Waals surface area contributed by atoms with E-state index in [4.69, 9.17) is 38.4 Å². The summed E-state index contributed by atoms with van der Waals surface area (Å²) in [5, 5.41) is 0.791. The van der Waals surface area contributed by atoms with Crippen molar-refractivity contribution in [1.82, 2.24) is 9.97 Å². The van der Waals surface area contributed by atoms with Gasteiger partial charge in [0.1, 0.15) is 12.2 Å². The number of nitrogens with zero attached hydrogens (tertiary/aromatic N) is 2. The predicted octanol–water partition coefficient (Wildman–Crippen LogP) is 4.19. The molecule has 24 heavy (non-hydrogen) atoms. The van der Waals surface area contributed by atoms with Gasteiger partial charge in [0.25, 0.3) is 0 Å². The van der Waals surface area contributed by atoms with Gasteiger partial charge in [0.2, 0.25) is 5.95 Å². The van der Waals surface area contributed by atoms with Crippen LogP contribution in [0.1, 0.15) is 28.7 Å². The van der Waals surface area contributed by atoms with Gasteiger partial charge in [-0.3, -0.25) is 0 Å². The van der Waals surface area contributed by atoms with Crippen molar-refractivity contribution in [2.24, 2.45) is 0 Å². The molecule has 128 valence electrons. The molecule has 2 aromatic rings. The second-order valence-electron chi connectivity index (χ2n) is 4.70. The molecule has 2 N–H and O–H groups in total. The van der Waals surface area contributed by atoms with E-state index >= 15 is 0 Å². The number of carbonyl (C=O) groups is 1. The first-order valence-electron chi connectivity index (χ1n) is 6.91. The molecule has 0 unspecified atom stereocenters. The summed E-state index contributed by atoms with van der Waals surface area (Å²) < 4.78 is 11.3. The van der Waals surface area contributed by atoms with Gasteiger partial charge >= 0.3 is 5.97 Å². The molecule has 0 aliphatic carbocycles. The molecule has 1 heterocycles. The Morgan fingerprint density at radius 3 is 2.67 bits per heavy atom. The molecule has 9 heteroatoms. The Hall–Kier alpha value is -1.57. The van der Waals surface area contributed by atoms with Gasteiger partial charge in [-0.05, 0) is 41.9 Å². The number of anilines is 1. The van der Waals surface area contributed by atoms with E-state index < -0.39 is 5.97 Å². The number of hydrogen-bond acceptors (Lipinski definition) is 6. The third-order valence-corrected chi connectivity index (χ3v) is 4.07. The molecule has 0 atom stereocenters. The Morgan fingerprint density at radius 2 is 2.04 bits per heavy atom. The number of nitrogen functional groups attached to an aromatic ring is 1. The van der Waals surface area contributed by atoms with Crippen molar-refractivity contribution in [2.75, 3.05) is 12.3 Å². The number of aryl methyl sites for hydroxylation is 1. The lowest BCUT2D eigenvalue weighted by molar-refractivity contribution is 0.0521. The highest BCUT2D eigenvalue weighted by molar-refractivity contribution is 9.10. The van der Waals surface area contributed by atoms with E-state index in [-0.39, 0.29) is 24.7 Å². The zero-order valence-corrected chi connectivity index (χ0v) is 16.0. The SMILES string of the molecule is CCOC(=O)c1c(C)nc(N)nc1COc1c(Cl)cc(Cl)cc1Br. The zero-order valence-electron chi connectivity index (χ0n) is 12.9. The molecule has 0 aliphatic rings. The minimum Gasteiger partial charge on any atom is -0.485 e. The molecule has 6 nitrogen and oxygen atoms in total. The first-order chi connectivity index (χ1) is 11.3. The molecule has 1 aromatic carbocycles. The standard InChI is InChI=1S/C15H14BrCl2N3O3/c1-3-23-14(22)12-7(2)20-15(19)21-11(12)6-24-13-9(16)4-8(17)5-10(13)18/h4-5H,3,6H2,1-2H3,(H2,19,20,21). The van der Waals surface area contributed by atoms with Crippen LogP contribution in [-0.4, -0.2) is 22.5 Å². The molecule has 1 aromatic heterocycles. The first-order valence-corrected chi connectivity index (χ1v) is 8.45. The van der Waals surface area contributed by atoms with Gasteiger partial charge < -0.3 is 15.2 Å². The van der Waals surface area contributed by atoms with Crippen LogP contribution < -0.4 is 10.5 Å². The molecule has 0 saturated heterocycles. The van der Waals surface area contributed by atoms with Crippen molar-refractivity contribution < 1.29 is 14.3 Å². The lowest BCUT2D eigenvalue weighted by Crippen LogP contribution is -2.16. The second kappa shape index (κ2) is 8.00. The molecule has 0 aliphatic heterocycles. The summed E-state index contributed by atoms with van der Waals surface area (Å²) in [6.45, 7) is 3.56. The van der Waals surface area contributed by atoms with E-state index in [0.29, 0.717) is 31.7 Å². The number of nitrogens with two attached hydrogens (primary N) is 1. The third-order valence-electron chi connectivity index (χ3n) is 2.98. The van der Waals surface area contributed by atoms with Crippen LogP contribution in [0.5, 0.6) is 5.75 Å². The fourth-order valence-corrected chi connectivity index (χ4v) is 3.40. The van der Waals surface area contributed by atoms with Crippen LogP contribution in [0, 0.1) is 6.92 Å². The Bertz CT molecular complexity index is 764. The van der Waals surface area contributed by atoms with E-state index in [1.165, 1.54) is 0 Å². The average Bonchev–Trinajstić information content (AvgIpc) is 2.45. The number of esters is 1. The molecular weight excluding hydrogens is 421 g/mol. The smallest absolute Gasteiger partial charge is 0.341 e. The fourth-order valence-electron chi connectivity index (χ4n) is 2.04. The highest BCUT2D eigenvalue weighted by Crippen LogP contribution is 2.36. The van der Waals surface area contributed by atoms with Crippen molar-refractivity contribution >= 4 is 51.0 Å². The Morgan fingerprint density at radius 1 is 1.33 bits per heavy atom. The summed E-state index contributed by atoms with van der Waals surface area (Å²) in [4.78, 5) is 20.2. The molecule has 0 radical (unpaired) electrons. The van der Waals surface area contributed by atoms with Gasteiger partial charge in [0.15, 0.2) is 5.75 Å². The van der Waals surface area contributed by atoms with E-state index in [2.05, 4.69) is 25.9 Å². The van der Waals surface area contributed by atoms with Crippen molar-refractivity contribution in [3.63, 3.8) is 0 Å². The van der Waals surface area contributed by atoms with E-state index in [9.17, 15) is 4.79 Å². The van der Waals surface area contributed by atoms with Crippen LogP contribution in [-0.2, 0) is 11.3 Å². The van der Waals surface area contributed by atoms with Crippen LogP contribution >= 0.6 is 39.1 Å². The summed E-state index contributed by atoms with van der Waals surface area (Å²) in [6.07, 6.45) is 0. The summed E-state index contributed by atoms with van der Waals surface area (Å²) in [5.74, 6) is -0.110. The van der Waals surface area contributed by atoms with E-state index in [1.807, 2.05) is 0 Å². The molecule has 0 fully saturated rings. The number of halogens is 3. The van der Waals surface area contributed by atoms with Crippen molar-refractivity contribution in [1.29, 1.82) is 0 Å². The van der Waals surface area contributed by atoms with Gasteiger partial charge in [0.05, 0.1) is 27.5 Å². The second-order valence-corrected chi connectivity index (χ2v) is 6.39. The maximum Gasteiger partial charge on any atom is 0.341 e. The van der Waals surface area contributed by atoms with Crippen LogP contribution in [0.15, 0.2) is 16.6 Å². The van der Waals surface area contributed by atoms with Crippen LogP contribution in [0.25, 0.3) is 0 Å². The van der Waals surface area contributed by atoms with Crippen LogP contribution in [0.4, 0.5) is 5.95 Å². The largest absolute Gasteiger partial charge is 0.485 e. The van der Waals surface area contributed by atoms with Gasteiger partial charge in [-0.2, -0.15) is 0 Å². The Balaban J connectivity index is 2.35. The summed E-state index contributed by atoms with van der Waals surface area (Å²) in [7, 11) is 0. The van der Waals surface area contributed by atoms with Crippen molar-refractivity contribution in [3.8, 4) is 5.75 Å². The minimum atomic E-state index is -0.533. The van der Waals surface area contributed by atoms with Gasteiger partial charge in [0, 0.05) is 5.02 Å². The molecule has 0 bridgehead atoms. The number of ether oxygens (including phenoxy) is 2. The highest BCUT2D eigenvalue weighted by atomic mass is 79.9. The monoisotopic (exact) mass is 433 g/mol. The third kappa shape index (κ3) is 4.28. The first kappa shape index (κ1) is 18.8. The van der Waals surface area contributed by atoms with E-state index in [0.717, 1.165) is 0 Å². The lowest BCUT2D eigenvalue weighted by Gasteiger charge is -2.14. The molecular formula is C15H14BrCl2N3O3. The topological polar surface area (TPSA) is 87.3 Å². The molecule has 0 saturated carbocycles.